The maximum Gasteiger partial charge on any atom is 0.339 e. The summed E-state index contributed by atoms with van der Waals surface area (Å²) >= 11 is 0. The van der Waals surface area contributed by atoms with Gasteiger partial charge in [-0.15, -0.1) is 0 Å². The highest BCUT2D eigenvalue weighted by Crippen LogP contribution is 2.30. The highest BCUT2D eigenvalue weighted by Gasteiger charge is 2.21. The van der Waals surface area contributed by atoms with Crippen LogP contribution in [-0.2, 0) is 22.7 Å². The van der Waals surface area contributed by atoms with Crippen LogP contribution in [0.4, 0.5) is 0 Å². The van der Waals surface area contributed by atoms with Crippen molar-refractivity contribution < 1.29 is 19.1 Å². The Kier molecular flexibility index (Phi) is 14.3. The van der Waals surface area contributed by atoms with E-state index in [0.717, 1.165) is 36.8 Å². The Morgan fingerprint density at radius 2 is 0.929 bits per heavy atom. The predicted octanol–water partition coefficient (Wildman–Crippen LogP) is 10.5. The molecule has 0 heterocycles. The summed E-state index contributed by atoms with van der Waals surface area (Å²) in [5, 5.41) is 0. The maximum absolute atomic E-state index is 13.3. The highest BCUT2D eigenvalue weighted by atomic mass is 16.5. The minimum atomic E-state index is -0.515. The monoisotopic (exact) mass is 570 g/mol. The maximum atomic E-state index is 13.3. The van der Waals surface area contributed by atoms with Crippen molar-refractivity contribution in [2.24, 2.45) is 0 Å². The number of ether oxygens (including phenoxy) is 2. The molecule has 0 aromatic heterocycles. The lowest BCUT2D eigenvalue weighted by Crippen LogP contribution is -2.15. The summed E-state index contributed by atoms with van der Waals surface area (Å²) in [5.74, 6) is -0.149. The summed E-state index contributed by atoms with van der Waals surface area (Å²) in [5.41, 5.74) is 5.00. The Morgan fingerprint density at radius 3 is 1.31 bits per heavy atom. The molecule has 3 rings (SSSR count). The molecule has 0 amide bonds. The molecule has 0 aliphatic carbocycles. The van der Waals surface area contributed by atoms with Gasteiger partial charge in [-0.25, -0.2) is 9.59 Å². The third kappa shape index (κ3) is 9.58. The van der Waals surface area contributed by atoms with Crippen LogP contribution in [0.3, 0.4) is 0 Å². The number of carbonyl (C=O) groups excluding carboxylic acids is 2. The quantitative estimate of drug-likeness (QED) is 0.113. The number of rotatable bonds is 18. The summed E-state index contributed by atoms with van der Waals surface area (Å²) in [6, 6.07) is 23.2. The van der Waals surface area contributed by atoms with Crippen LogP contribution in [0.25, 0.3) is 0 Å². The highest BCUT2D eigenvalue weighted by molar-refractivity contribution is 6.03. The number of benzene rings is 3. The molecular weight excluding hydrogens is 520 g/mol. The van der Waals surface area contributed by atoms with Crippen LogP contribution in [0.5, 0.6) is 0 Å². The van der Waals surface area contributed by atoms with Gasteiger partial charge in [0.25, 0.3) is 0 Å². The van der Waals surface area contributed by atoms with Crippen molar-refractivity contribution in [3.05, 3.63) is 106 Å². The standard InChI is InChI=1S/C38H50O4/c1-5-9-11-19-29(7-3)33-23-15-13-21-31(33)27-41-37(39)35-25-17-18-26-36(35)38(40)42-28-32-22-14-16-24-34(32)30(8-4)20-12-10-6-2/h13-18,21-26,29-30H,5-12,19-20,27-28H2,1-4H3. The SMILES string of the molecule is CCCCCC(CC)c1ccccc1COC(=O)c1ccccc1C(=O)OCc1ccccc1C(CC)CCCCC. The lowest BCUT2D eigenvalue weighted by molar-refractivity contribution is 0.0424. The molecule has 0 bridgehead atoms. The van der Waals surface area contributed by atoms with E-state index in [4.69, 9.17) is 9.47 Å². The second-order valence-electron chi connectivity index (χ2n) is 11.3. The summed E-state index contributed by atoms with van der Waals surface area (Å²) in [6.45, 7) is 9.22. The molecule has 0 radical (unpaired) electrons. The number of unbranched alkanes of at least 4 members (excludes halogenated alkanes) is 4. The molecule has 226 valence electrons. The van der Waals surface area contributed by atoms with Gasteiger partial charge in [-0.2, -0.15) is 0 Å². The average Bonchev–Trinajstić information content (AvgIpc) is 3.03. The average molecular weight is 571 g/mol. The Labute approximate surface area is 253 Å². The predicted molar refractivity (Wildman–Crippen MR) is 172 cm³/mol. The van der Waals surface area contributed by atoms with E-state index < -0.39 is 11.9 Å². The smallest absolute Gasteiger partial charge is 0.339 e. The molecule has 2 atom stereocenters. The van der Waals surface area contributed by atoms with Gasteiger partial charge in [0.1, 0.15) is 13.2 Å². The van der Waals surface area contributed by atoms with Crippen LogP contribution in [0.15, 0.2) is 72.8 Å². The fourth-order valence-corrected chi connectivity index (χ4v) is 5.85. The van der Waals surface area contributed by atoms with Crippen molar-refractivity contribution in [1.82, 2.24) is 0 Å². The van der Waals surface area contributed by atoms with Crippen molar-refractivity contribution in [2.75, 3.05) is 0 Å². The fraction of sp³-hybridized carbons (Fsp3) is 0.474. The van der Waals surface area contributed by atoms with E-state index in [9.17, 15) is 9.59 Å². The van der Waals surface area contributed by atoms with Crippen molar-refractivity contribution >= 4 is 11.9 Å². The molecule has 4 heteroatoms. The minimum absolute atomic E-state index is 0.173. The molecule has 0 saturated carbocycles. The molecule has 0 aliphatic heterocycles. The topological polar surface area (TPSA) is 52.6 Å². The first-order valence-electron chi connectivity index (χ1n) is 16.1. The largest absolute Gasteiger partial charge is 0.457 e. The van der Waals surface area contributed by atoms with Crippen molar-refractivity contribution in [1.29, 1.82) is 0 Å². The van der Waals surface area contributed by atoms with Gasteiger partial charge < -0.3 is 9.47 Å². The van der Waals surface area contributed by atoms with E-state index in [0.29, 0.717) is 11.8 Å². The molecule has 0 saturated heterocycles. The lowest BCUT2D eigenvalue weighted by atomic mass is 9.88. The van der Waals surface area contributed by atoms with Gasteiger partial charge in [0, 0.05) is 0 Å². The third-order valence-electron chi connectivity index (χ3n) is 8.37. The summed E-state index contributed by atoms with van der Waals surface area (Å²) in [6.07, 6.45) is 11.6. The fourth-order valence-electron chi connectivity index (χ4n) is 5.85. The van der Waals surface area contributed by atoms with E-state index in [1.54, 1.807) is 24.3 Å². The Bertz CT molecular complexity index is 1150. The van der Waals surface area contributed by atoms with E-state index in [2.05, 4.69) is 52.0 Å². The second kappa shape index (κ2) is 18.2. The van der Waals surface area contributed by atoms with Crippen LogP contribution in [-0.4, -0.2) is 11.9 Å². The van der Waals surface area contributed by atoms with Gasteiger partial charge in [-0.1, -0.05) is 127 Å². The third-order valence-corrected chi connectivity index (χ3v) is 8.37. The molecular formula is C38H50O4. The van der Waals surface area contributed by atoms with Gasteiger partial charge in [0.15, 0.2) is 0 Å². The second-order valence-corrected chi connectivity index (χ2v) is 11.3. The number of hydrogen-bond acceptors (Lipinski definition) is 4. The Morgan fingerprint density at radius 1 is 0.548 bits per heavy atom. The molecule has 42 heavy (non-hydrogen) atoms. The summed E-state index contributed by atoms with van der Waals surface area (Å²) < 4.78 is 11.6. The van der Waals surface area contributed by atoms with Gasteiger partial charge in [-0.05, 0) is 71.9 Å². The van der Waals surface area contributed by atoms with Gasteiger partial charge in [0.2, 0.25) is 0 Å². The molecule has 0 spiro atoms. The minimum Gasteiger partial charge on any atom is -0.457 e. The zero-order chi connectivity index (χ0) is 30.2. The van der Waals surface area contributed by atoms with Crippen molar-refractivity contribution in [2.45, 2.75) is 117 Å². The molecule has 4 nitrogen and oxygen atoms in total. The van der Waals surface area contributed by atoms with Crippen molar-refractivity contribution in [3.8, 4) is 0 Å². The zero-order valence-corrected chi connectivity index (χ0v) is 26.2. The van der Waals surface area contributed by atoms with E-state index in [-0.39, 0.29) is 24.3 Å². The molecule has 0 aliphatic rings. The van der Waals surface area contributed by atoms with E-state index >= 15 is 0 Å². The van der Waals surface area contributed by atoms with Crippen LogP contribution >= 0.6 is 0 Å². The number of carbonyl (C=O) groups is 2. The zero-order valence-electron chi connectivity index (χ0n) is 26.2. The number of esters is 2. The summed E-state index contributed by atoms with van der Waals surface area (Å²) in [4.78, 5) is 26.5. The molecule has 3 aromatic carbocycles. The number of hydrogen-bond donors (Lipinski definition) is 0. The van der Waals surface area contributed by atoms with Crippen LogP contribution < -0.4 is 0 Å². The molecule has 0 N–H and O–H groups in total. The Hall–Kier alpha value is -3.40. The first kappa shape index (κ1) is 33.1. The van der Waals surface area contributed by atoms with Crippen LogP contribution in [0.2, 0.25) is 0 Å². The van der Waals surface area contributed by atoms with E-state index in [1.807, 2.05) is 24.3 Å². The van der Waals surface area contributed by atoms with Crippen LogP contribution in [0, 0.1) is 0 Å². The van der Waals surface area contributed by atoms with E-state index in [1.165, 1.54) is 49.7 Å². The first-order chi connectivity index (χ1) is 20.5. The molecule has 3 aromatic rings. The van der Waals surface area contributed by atoms with Gasteiger partial charge in [0.05, 0.1) is 11.1 Å². The first-order valence-corrected chi connectivity index (χ1v) is 16.1. The van der Waals surface area contributed by atoms with Crippen LogP contribution in [0.1, 0.15) is 147 Å². The summed E-state index contributed by atoms with van der Waals surface area (Å²) in [7, 11) is 0. The normalized spacial score (nSPS) is 12.5. The van der Waals surface area contributed by atoms with Crippen molar-refractivity contribution in [3.63, 3.8) is 0 Å². The lowest BCUT2D eigenvalue weighted by Gasteiger charge is -2.20. The van der Waals surface area contributed by atoms with Gasteiger partial charge in [-0.3, -0.25) is 0 Å². The molecule has 0 fully saturated rings. The molecule has 2 unspecified atom stereocenters. The van der Waals surface area contributed by atoms with Gasteiger partial charge >= 0.3 is 11.9 Å². The Balaban J connectivity index is 1.69.